The van der Waals surface area contributed by atoms with Gasteiger partial charge in [-0.15, -0.1) is 0 Å². The van der Waals surface area contributed by atoms with Crippen LogP contribution in [0.5, 0.6) is 0 Å². The molecular formula is C15H32N2O2S. The number of sulfonamides is 1. The Balaban J connectivity index is 2.24. The molecule has 0 saturated heterocycles. The minimum Gasteiger partial charge on any atom is -0.314 e. The third-order valence-corrected chi connectivity index (χ3v) is 5.79. The minimum absolute atomic E-state index is 0.492. The molecule has 120 valence electrons. The summed E-state index contributed by atoms with van der Waals surface area (Å²) in [7, 11) is -3.04. The normalized spacial score (nSPS) is 23.8. The molecule has 20 heavy (non-hydrogen) atoms. The lowest BCUT2D eigenvalue weighted by atomic mass is 9.85. The van der Waals surface area contributed by atoms with Crippen LogP contribution in [0.4, 0.5) is 0 Å². The predicted molar refractivity (Wildman–Crippen MR) is 85.4 cm³/mol. The molecule has 0 aromatic heterocycles. The number of rotatable bonds is 7. The Morgan fingerprint density at radius 1 is 1.25 bits per heavy atom. The van der Waals surface area contributed by atoms with Crippen molar-refractivity contribution in [1.82, 2.24) is 9.62 Å². The summed E-state index contributed by atoms with van der Waals surface area (Å²) >= 11 is 0. The number of nitrogens with one attached hydrogen (secondary N) is 1. The molecule has 0 spiro atoms. The molecule has 1 aliphatic carbocycles. The van der Waals surface area contributed by atoms with Crippen molar-refractivity contribution < 1.29 is 8.42 Å². The van der Waals surface area contributed by atoms with Crippen LogP contribution in [0, 0.1) is 5.41 Å². The van der Waals surface area contributed by atoms with Gasteiger partial charge in [-0.2, -0.15) is 0 Å². The molecule has 0 aromatic carbocycles. The van der Waals surface area contributed by atoms with Gasteiger partial charge in [-0.05, 0) is 44.1 Å². The quantitative estimate of drug-likeness (QED) is 0.581. The van der Waals surface area contributed by atoms with Gasteiger partial charge in [0.2, 0.25) is 10.0 Å². The fourth-order valence-corrected chi connectivity index (χ4v) is 3.92. The molecule has 1 fully saturated rings. The van der Waals surface area contributed by atoms with Gasteiger partial charge in [-0.25, -0.2) is 12.7 Å². The summed E-state index contributed by atoms with van der Waals surface area (Å²) in [4.78, 5) is 0. The van der Waals surface area contributed by atoms with Crippen molar-refractivity contribution in [3.63, 3.8) is 0 Å². The second kappa shape index (κ2) is 7.76. The standard InChI is InChI=1S/C15H32N2O2S/c1-5-17(20(4,18)19)13-7-12-16-14-8-6-10-15(2,3)11-9-14/h14,16H,5-13H2,1-4H3. The van der Waals surface area contributed by atoms with Gasteiger partial charge in [-0.3, -0.25) is 0 Å². The van der Waals surface area contributed by atoms with E-state index in [0.717, 1.165) is 13.0 Å². The Labute approximate surface area is 125 Å². The second-order valence-electron chi connectivity index (χ2n) is 6.85. The molecule has 0 bridgehead atoms. The highest BCUT2D eigenvalue weighted by molar-refractivity contribution is 7.88. The van der Waals surface area contributed by atoms with Gasteiger partial charge in [0.05, 0.1) is 6.26 Å². The van der Waals surface area contributed by atoms with Gasteiger partial charge in [0.1, 0.15) is 0 Å². The Hall–Kier alpha value is -0.130. The van der Waals surface area contributed by atoms with Crippen molar-refractivity contribution in [3.8, 4) is 0 Å². The van der Waals surface area contributed by atoms with Gasteiger partial charge in [0.25, 0.3) is 0 Å². The lowest BCUT2D eigenvalue weighted by molar-refractivity contribution is 0.309. The van der Waals surface area contributed by atoms with Crippen molar-refractivity contribution in [3.05, 3.63) is 0 Å². The minimum atomic E-state index is -3.04. The summed E-state index contributed by atoms with van der Waals surface area (Å²) in [5.74, 6) is 0. The van der Waals surface area contributed by atoms with E-state index in [2.05, 4.69) is 19.2 Å². The summed E-state index contributed by atoms with van der Waals surface area (Å²) in [6, 6.07) is 0.616. The SMILES string of the molecule is CCN(CCCNC1CCCC(C)(C)CC1)S(C)(=O)=O. The maximum atomic E-state index is 11.5. The first kappa shape index (κ1) is 17.9. The summed E-state index contributed by atoms with van der Waals surface area (Å²) < 4.78 is 24.5. The topological polar surface area (TPSA) is 49.4 Å². The molecule has 0 heterocycles. The van der Waals surface area contributed by atoms with Gasteiger partial charge < -0.3 is 5.32 Å². The fourth-order valence-electron chi connectivity index (χ4n) is 2.99. The van der Waals surface area contributed by atoms with E-state index in [9.17, 15) is 8.42 Å². The molecule has 1 N–H and O–H groups in total. The summed E-state index contributed by atoms with van der Waals surface area (Å²) in [5, 5.41) is 3.61. The molecule has 1 atom stereocenters. The van der Waals surface area contributed by atoms with Crippen molar-refractivity contribution in [2.24, 2.45) is 5.41 Å². The van der Waals surface area contributed by atoms with E-state index in [1.807, 2.05) is 6.92 Å². The Bertz CT molecular complexity index is 379. The zero-order chi connectivity index (χ0) is 15.2. The second-order valence-corrected chi connectivity index (χ2v) is 8.84. The molecule has 0 radical (unpaired) electrons. The van der Waals surface area contributed by atoms with Crippen LogP contribution in [-0.2, 0) is 10.0 Å². The lowest BCUT2D eigenvalue weighted by Gasteiger charge is -2.22. The van der Waals surface area contributed by atoms with E-state index >= 15 is 0 Å². The highest BCUT2D eigenvalue weighted by Gasteiger charge is 2.23. The zero-order valence-electron chi connectivity index (χ0n) is 13.6. The molecule has 1 unspecified atom stereocenters. The van der Waals surface area contributed by atoms with Crippen LogP contribution in [0.1, 0.15) is 59.3 Å². The maximum Gasteiger partial charge on any atom is 0.211 e. The third kappa shape index (κ3) is 6.55. The molecule has 0 aromatic rings. The molecule has 0 amide bonds. The van der Waals surface area contributed by atoms with Gasteiger partial charge in [0.15, 0.2) is 0 Å². The van der Waals surface area contributed by atoms with E-state index in [0.29, 0.717) is 24.5 Å². The van der Waals surface area contributed by atoms with Crippen LogP contribution in [0.25, 0.3) is 0 Å². The molecule has 4 nitrogen and oxygen atoms in total. The highest BCUT2D eigenvalue weighted by Crippen LogP contribution is 2.33. The first-order valence-corrected chi connectivity index (χ1v) is 9.78. The van der Waals surface area contributed by atoms with Crippen LogP contribution in [0.3, 0.4) is 0 Å². The number of hydrogen-bond donors (Lipinski definition) is 1. The molecule has 1 rings (SSSR count). The van der Waals surface area contributed by atoms with E-state index in [-0.39, 0.29) is 0 Å². The molecule has 1 saturated carbocycles. The van der Waals surface area contributed by atoms with E-state index in [1.54, 1.807) is 4.31 Å². The predicted octanol–water partition coefficient (Wildman–Crippen LogP) is 2.61. The fraction of sp³-hybridized carbons (Fsp3) is 1.00. The van der Waals surface area contributed by atoms with Gasteiger partial charge in [-0.1, -0.05) is 27.2 Å². The summed E-state index contributed by atoms with van der Waals surface area (Å²) in [6.45, 7) is 8.72. The van der Waals surface area contributed by atoms with Crippen molar-refractivity contribution in [1.29, 1.82) is 0 Å². The monoisotopic (exact) mass is 304 g/mol. The van der Waals surface area contributed by atoms with E-state index in [1.165, 1.54) is 38.4 Å². The summed E-state index contributed by atoms with van der Waals surface area (Å²) in [5.41, 5.74) is 0.492. The van der Waals surface area contributed by atoms with Crippen LogP contribution in [-0.4, -0.2) is 44.7 Å². The lowest BCUT2D eigenvalue weighted by Crippen LogP contribution is -2.35. The first-order chi connectivity index (χ1) is 9.24. The maximum absolute atomic E-state index is 11.5. The first-order valence-electron chi connectivity index (χ1n) is 7.93. The van der Waals surface area contributed by atoms with Gasteiger partial charge >= 0.3 is 0 Å². The zero-order valence-corrected chi connectivity index (χ0v) is 14.4. The molecule has 1 aliphatic rings. The molecule has 0 aliphatic heterocycles. The van der Waals surface area contributed by atoms with Crippen LogP contribution in [0.2, 0.25) is 0 Å². The third-order valence-electron chi connectivity index (χ3n) is 4.41. The van der Waals surface area contributed by atoms with Crippen molar-refractivity contribution in [2.45, 2.75) is 65.3 Å². The van der Waals surface area contributed by atoms with Crippen LogP contribution >= 0.6 is 0 Å². The van der Waals surface area contributed by atoms with Crippen LogP contribution < -0.4 is 5.32 Å². The van der Waals surface area contributed by atoms with Crippen molar-refractivity contribution >= 4 is 10.0 Å². The Morgan fingerprint density at radius 2 is 1.95 bits per heavy atom. The number of nitrogens with zero attached hydrogens (tertiary/aromatic N) is 1. The van der Waals surface area contributed by atoms with Crippen LogP contribution in [0.15, 0.2) is 0 Å². The van der Waals surface area contributed by atoms with E-state index in [4.69, 9.17) is 0 Å². The van der Waals surface area contributed by atoms with E-state index < -0.39 is 10.0 Å². The summed E-state index contributed by atoms with van der Waals surface area (Å²) in [6.07, 6.45) is 8.59. The highest BCUT2D eigenvalue weighted by atomic mass is 32.2. The Morgan fingerprint density at radius 3 is 2.55 bits per heavy atom. The molecule has 5 heteroatoms. The number of hydrogen-bond acceptors (Lipinski definition) is 3. The Kier molecular flexibility index (Phi) is 6.95. The smallest absolute Gasteiger partial charge is 0.211 e. The van der Waals surface area contributed by atoms with Gasteiger partial charge in [0, 0.05) is 19.1 Å². The largest absolute Gasteiger partial charge is 0.314 e. The average molecular weight is 304 g/mol. The van der Waals surface area contributed by atoms with Crippen molar-refractivity contribution in [2.75, 3.05) is 25.9 Å². The average Bonchev–Trinajstić information content (AvgIpc) is 2.49. The molecular weight excluding hydrogens is 272 g/mol.